The molecule has 0 aliphatic carbocycles. The quantitative estimate of drug-likeness (QED) is 0.202. The smallest absolute Gasteiger partial charge is 0.154 e. The average molecular weight is 505 g/mol. The van der Waals surface area contributed by atoms with Crippen LogP contribution in [-0.2, 0) is 9.84 Å². The fourth-order valence-electron chi connectivity index (χ4n) is 3.91. The highest BCUT2D eigenvalue weighted by atomic mass is 32.2. The van der Waals surface area contributed by atoms with Crippen LogP contribution in [0.1, 0.15) is 106 Å². The van der Waals surface area contributed by atoms with Gasteiger partial charge in [0.15, 0.2) is 9.84 Å². The number of hydrogen-bond donors (Lipinski definition) is 1. The van der Waals surface area contributed by atoms with Gasteiger partial charge in [-0.1, -0.05) is 69.9 Å². The van der Waals surface area contributed by atoms with Gasteiger partial charge >= 0.3 is 0 Å². The molecule has 0 rings (SSSR count). The molecule has 0 aliphatic rings. The number of aliphatic hydroxyl groups is 1. The van der Waals surface area contributed by atoms with E-state index in [2.05, 4.69) is 65.0 Å². The van der Waals surface area contributed by atoms with Crippen molar-refractivity contribution in [2.45, 2.75) is 112 Å². The van der Waals surface area contributed by atoms with Crippen LogP contribution in [0.25, 0.3) is 0 Å². The molecule has 0 heterocycles. The molecule has 0 aromatic heterocycles. The van der Waals surface area contributed by atoms with Crippen molar-refractivity contribution in [3.05, 3.63) is 69.9 Å². The number of allylic oxidation sites excluding steroid dienone is 10. The van der Waals surface area contributed by atoms with Crippen molar-refractivity contribution in [3.8, 4) is 0 Å². The van der Waals surface area contributed by atoms with Crippen LogP contribution in [0.2, 0.25) is 0 Å². The normalized spacial score (nSPS) is 15.4. The number of sulfone groups is 1. The van der Waals surface area contributed by atoms with Gasteiger partial charge in [-0.15, -0.1) is 0 Å². The van der Waals surface area contributed by atoms with E-state index in [4.69, 9.17) is 5.11 Å². The lowest BCUT2D eigenvalue weighted by Gasteiger charge is -2.15. The molecule has 35 heavy (non-hydrogen) atoms. The van der Waals surface area contributed by atoms with Crippen molar-refractivity contribution < 1.29 is 13.5 Å². The maximum Gasteiger partial charge on any atom is 0.154 e. The van der Waals surface area contributed by atoms with E-state index in [1.807, 2.05) is 19.9 Å². The zero-order valence-electron chi connectivity index (χ0n) is 23.8. The van der Waals surface area contributed by atoms with Crippen molar-refractivity contribution in [1.29, 1.82) is 0 Å². The topological polar surface area (TPSA) is 54.4 Å². The van der Waals surface area contributed by atoms with Gasteiger partial charge in [0.05, 0.1) is 11.9 Å². The summed E-state index contributed by atoms with van der Waals surface area (Å²) in [5.74, 6) is 0. The average Bonchev–Trinajstić information content (AvgIpc) is 2.72. The van der Waals surface area contributed by atoms with Crippen molar-refractivity contribution in [2.24, 2.45) is 0 Å². The molecule has 0 saturated heterocycles. The summed E-state index contributed by atoms with van der Waals surface area (Å²) in [4.78, 5) is 0. The van der Waals surface area contributed by atoms with Gasteiger partial charge in [-0.05, 0) is 106 Å². The highest BCUT2D eigenvalue weighted by Gasteiger charge is 2.21. The Labute approximate surface area is 217 Å². The molecule has 0 saturated carbocycles. The minimum atomic E-state index is -3.16. The van der Waals surface area contributed by atoms with Gasteiger partial charge in [0, 0.05) is 6.26 Å². The summed E-state index contributed by atoms with van der Waals surface area (Å²) in [6, 6.07) is 0. The van der Waals surface area contributed by atoms with Gasteiger partial charge in [-0.3, -0.25) is 0 Å². The van der Waals surface area contributed by atoms with Gasteiger partial charge in [-0.25, -0.2) is 8.42 Å². The zero-order chi connectivity index (χ0) is 26.9. The van der Waals surface area contributed by atoms with Gasteiger partial charge < -0.3 is 5.11 Å². The second-order valence-electron chi connectivity index (χ2n) is 10.3. The Morgan fingerprint density at radius 3 is 1.46 bits per heavy atom. The van der Waals surface area contributed by atoms with Gasteiger partial charge in [0.25, 0.3) is 0 Å². The minimum Gasteiger partial charge on any atom is -0.392 e. The van der Waals surface area contributed by atoms with Crippen LogP contribution in [0, 0.1) is 0 Å². The summed E-state index contributed by atoms with van der Waals surface area (Å²) < 4.78 is 24.9. The monoisotopic (exact) mass is 504 g/mol. The standard InChI is InChI=1S/C31H52O3S/c1-25(2)13-9-14-26(3)15-10-17-28(5)21-22-31(35(8,33)34)30(7)20-12-19-27(4)16-11-18-29(6)23-24-32/h13,15-16,20-21,23,31-32H,9-12,14,17-19,22,24H2,1-8H3. The lowest BCUT2D eigenvalue weighted by molar-refractivity contribution is 0.341. The van der Waals surface area contributed by atoms with Crippen LogP contribution >= 0.6 is 0 Å². The molecule has 200 valence electrons. The van der Waals surface area contributed by atoms with Gasteiger partial charge in [0.2, 0.25) is 0 Å². The number of rotatable bonds is 17. The molecule has 1 unspecified atom stereocenters. The molecule has 0 bridgehead atoms. The van der Waals surface area contributed by atoms with Crippen LogP contribution in [0.5, 0.6) is 0 Å². The van der Waals surface area contributed by atoms with E-state index in [1.54, 1.807) is 0 Å². The van der Waals surface area contributed by atoms with E-state index in [1.165, 1.54) is 34.1 Å². The summed E-state index contributed by atoms with van der Waals surface area (Å²) in [5, 5.41) is 8.48. The Balaban J connectivity index is 4.83. The van der Waals surface area contributed by atoms with Crippen LogP contribution in [0.4, 0.5) is 0 Å². The van der Waals surface area contributed by atoms with Crippen LogP contribution in [0.15, 0.2) is 69.9 Å². The number of hydrogen-bond acceptors (Lipinski definition) is 3. The lowest BCUT2D eigenvalue weighted by atomic mass is 10.0. The molecule has 1 atom stereocenters. The van der Waals surface area contributed by atoms with E-state index in [0.717, 1.165) is 56.9 Å². The van der Waals surface area contributed by atoms with E-state index >= 15 is 0 Å². The van der Waals surface area contributed by atoms with E-state index in [-0.39, 0.29) is 6.61 Å². The first kappa shape index (κ1) is 33.4. The second kappa shape index (κ2) is 18.6. The number of aliphatic hydroxyl groups excluding tert-OH is 1. The van der Waals surface area contributed by atoms with E-state index in [0.29, 0.717) is 6.42 Å². The first-order valence-electron chi connectivity index (χ1n) is 13.1. The molecular weight excluding hydrogens is 452 g/mol. The van der Waals surface area contributed by atoms with Crippen molar-refractivity contribution in [2.75, 3.05) is 12.9 Å². The molecule has 0 fully saturated rings. The van der Waals surface area contributed by atoms with Crippen molar-refractivity contribution in [3.63, 3.8) is 0 Å². The molecule has 1 N–H and O–H groups in total. The van der Waals surface area contributed by atoms with E-state index in [9.17, 15) is 8.42 Å². The third kappa shape index (κ3) is 18.3. The predicted octanol–water partition coefficient (Wildman–Crippen LogP) is 8.60. The largest absolute Gasteiger partial charge is 0.392 e. The van der Waals surface area contributed by atoms with Crippen LogP contribution in [0.3, 0.4) is 0 Å². The van der Waals surface area contributed by atoms with Crippen molar-refractivity contribution >= 4 is 9.84 Å². The summed E-state index contributed by atoms with van der Waals surface area (Å²) in [5.41, 5.74) is 7.51. The summed E-state index contributed by atoms with van der Waals surface area (Å²) in [6.45, 7) is 14.8. The molecule has 0 aromatic rings. The molecule has 3 nitrogen and oxygen atoms in total. The maximum absolute atomic E-state index is 12.5. The lowest BCUT2D eigenvalue weighted by Crippen LogP contribution is -2.20. The Bertz CT molecular complexity index is 905. The highest BCUT2D eigenvalue weighted by molar-refractivity contribution is 7.91. The Hall–Kier alpha value is -1.65. The van der Waals surface area contributed by atoms with E-state index < -0.39 is 15.1 Å². The third-order valence-electron chi connectivity index (χ3n) is 6.30. The van der Waals surface area contributed by atoms with Gasteiger partial charge in [-0.2, -0.15) is 0 Å². The molecular formula is C31H52O3S. The van der Waals surface area contributed by atoms with Crippen LogP contribution in [-0.4, -0.2) is 31.6 Å². The van der Waals surface area contributed by atoms with Gasteiger partial charge in [0.1, 0.15) is 0 Å². The molecule has 0 radical (unpaired) electrons. The first-order chi connectivity index (χ1) is 16.4. The SMILES string of the molecule is CC(C)=CCCC(C)=CCCC(C)=CCC(C(C)=CCCC(C)=CCCC(C)=CCO)S(C)(=O)=O. The molecule has 0 amide bonds. The predicted molar refractivity (Wildman–Crippen MR) is 155 cm³/mol. The highest BCUT2D eigenvalue weighted by Crippen LogP contribution is 2.20. The third-order valence-corrected chi connectivity index (χ3v) is 7.90. The Morgan fingerprint density at radius 2 is 1.03 bits per heavy atom. The van der Waals surface area contributed by atoms with Crippen molar-refractivity contribution in [1.82, 2.24) is 0 Å². The first-order valence-corrected chi connectivity index (χ1v) is 15.0. The summed E-state index contributed by atoms with van der Waals surface area (Å²) >= 11 is 0. The second-order valence-corrected chi connectivity index (χ2v) is 12.6. The Kier molecular flexibility index (Phi) is 17.7. The van der Waals surface area contributed by atoms with Crippen LogP contribution < -0.4 is 0 Å². The molecule has 0 aliphatic heterocycles. The fourth-order valence-corrected chi connectivity index (χ4v) is 5.13. The molecule has 4 heteroatoms. The Morgan fingerprint density at radius 1 is 0.629 bits per heavy atom. The fraction of sp³-hybridized carbons (Fsp3) is 0.613. The minimum absolute atomic E-state index is 0.0996. The summed E-state index contributed by atoms with van der Waals surface area (Å²) in [7, 11) is -3.16. The maximum atomic E-state index is 12.5. The molecule has 0 aromatic carbocycles. The zero-order valence-corrected chi connectivity index (χ0v) is 24.6. The summed E-state index contributed by atoms with van der Waals surface area (Å²) in [6.07, 6.45) is 22.7. The molecule has 0 spiro atoms.